The third-order valence-electron chi connectivity index (χ3n) is 4.41. The number of allylic oxidation sites excluding steroid dienone is 1. The van der Waals surface area contributed by atoms with Gasteiger partial charge in [0.05, 0.1) is 6.61 Å². The van der Waals surface area contributed by atoms with Crippen LogP contribution in [0, 0.1) is 5.92 Å². The second kappa shape index (κ2) is 11.0. The van der Waals surface area contributed by atoms with Crippen molar-refractivity contribution < 1.29 is 24.1 Å². The maximum Gasteiger partial charge on any atom is 0.286 e. The van der Waals surface area contributed by atoms with Gasteiger partial charge in [0.2, 0.25) is 6.29 Å². The molecule has 0 saturated carbocycles. The Labute approximate surface area is 155 Å². The fourth-order valence-electron chi connectivity index (χ4n) is 3.17. The van der Waals surface area contributed by atoms with E-state index in [1.165, 1.54) is 0 Å². The highest BCUT2D eigenvalue weighted by atomic mass is 16.7. The van der Waals surface area contributed by atoms with E-state index in [-0.39, 0.29) is 30.1 Å². The number of hydrogen-bond acceptors (Lipinski definition) is 5. The summed E-state index contributed by atoms with van der Waals surface area (Å²) in [6.45, 7) is 3.36. The first-order valence-electron chi connectivity index (χ1n) is 9.14. The molecule has 0 aliphatic carbocycles. The van der Waals surface area contributed by atoms with Gasteiger partial charge < -0.3 is 24.6 Å². The van der Waals surface area contributed by atoms with Crippen LogP contribution in [-0.2, 0) is 19.0 Å². The number of methoxy groups -OCH3 is 1. The van der Waals surface area contributed by atoms with E-state index >= 15 is 0 Å². The molecule has 1 heterocycles. The Kier molecular flexibility index (Phi) is 8.61. The van der Waals surface area contributed by atoms with Crippen molar-refractivity contribution in [2.24, 2.45) is 5.92 Å². The molecule has 144 valence electrons. The van der Waals surface area contributed by atoms with Crippen molar-refractivity contribution in [2.75, 3.05) is 33.5 Å². The smallest absolute Gasteiger partial charge is 0.286 e. The Morgan fingerprint density at radius 2 is 2.08 bits per heavy atom. The largest absolute Gasteiger partial charge is 0.459 e. The second-order valence-corrected chi connectivity index (χ2v) is 6.19. The lowest BCUT2D eigenvalue weighted by molar-refractivity contribution is -0.166. The van der Waals surface area contributed by atoms with Gasteiger partial charge in [0, 0.05) is 38.7 Å². The molecule has 0 spiro atoms. The predicted octanol–water partition coefficient (Wildman–Crippen LogP) is 2.20. The average Bonchev–Trinajstić information content (AvgIpc) is 2.67. The van der Waals surface area contributed by atoms with Gasteiger partial charge in [0.25, 0.3) is 5.91 Å². The SMILES string of the molecule is CCO[C@@H]1OC(C(=O)NCCOC)=C[C@H](c2ccccc2)[C@@H]1CCCO. The highest BCUT2D eigenvalue weighted by molar-refractivity contribution is 5.91. The van der Waals surface area contributed by atoms with Crippen LogP contribution < -0.4 is 5.32 Å². The van der Waals surface area contributed by atoms with Crippen molar-refractivity contribution in [1.29, 1.82) is 0 Å². The molecule has 1 aromatic carbocycles. The van der Waals surface area contributed by atoms with Crippen molar-refractivity contribution >= 4 is 5.91 Å². The first-order chi connectivity index (χ1) is 12.7. The molecule has 1 amide bonds. The summed E-state index contributed by atoms with van der Waals surface area (Å²) in [5.41, 5.74) is 1.10. The standard InChI is InChI=1S/C20H29NO5/c1-3-25-20-16(10-7-12-22)17(15-8-5-4-6-9-15)14-18(26-20)19(23)21-11-13-24-2/h4-6,8-9,14,16-17,20,22H,3,7,10-13H2,1-2H3,(H,21,23)/t16-,17+,20+/m0/s1. The maximum absolute atomic E-state index is 12.5. The lowest BCUT2D eigenvalue weighted by atomic mass is 9.80. The molecule has 0 aromatic heterocycles. The molecule has 1 aliphatic heterocycles. The molecule has 6 nitrogen and oxygen atoms in total. The molecular formula is C20H29NO5. The van der Waals surface area contributed by atoms with Crippen LogP contribution in [-0.4, -0.2) is 50.8 Å². The summed E-state index contributed by atoms with van der Waals surface area (Å²) in [4.78, 5) is 12.5. The number of rotatable bonds is 10. The van der Waals surface area contributed by atoms with Crippen LogP contribution in [0.15, 0.2) is 42.2 Å². The number of ether oxygens (including phenoxy) is 3. The van der Waals surface area contributed by atoms with Gasteiger partial charge in [0.1, 0.15) is 0 Å². The van der Waals surface area contributed by atoms with E-state index in [4.69, 9.17) is 14.2 Å². The second-order valence-electron chi connectivity index (χ2n) is 6.19. The van der Waals surface area contributed by atoms with Crippen LogP contribution in [0.4, 0.5) is 0 Å². The molecular weight excluding hydrogens is 334 g/mol. The number of nitrogens with one attached hydrogen (secondary N) is 1. The minimum atomic E-state index is -0.523. The number of hydrogen-bond donors (Lipinski definition) is 2. The number of amides is 1. The summed E-state index contributed by atoms with van der Waals surface area (Å²) in [5.74, 6) is 0.0122. The van der Waals surface area contributed by atoms with Gasteiger partial charge in [-0.15, -0.1) is 0 Å². The molecule has 0 bridgehead atoms. The van der Waals surface area contributed by atoms with Crippen LogP contribution >= 0.6 is 0 Å². The summed E-state index contributed by atoms with van der Waals surface area (Å²) in [6, 6.07) is 10.0. The fourth-order valence-corrected chi connectivity index (χ4v) is 3.17. The van der Waals surface area contributed by atoms with E-state index in [1.54, 1.807) is 7.11 Å². The molecule has 0 fully saturated rings. The Morgan fingerprint density at radius 1 is 1.31 bits per heavy atom. The van der Waals surface area contributed by atoms with E-state index in [9.17, 15) is 9.90 Å². The normalized spacial score (nSPS) is 22.4. The predicted molar refractivity (Wildman–Crippen MR) is 98.5 cm³/mol. The highest BCUT2D eigenvalue weighted by Crippen LogP contribution is 2.39. The van der Waals surface area contributed by atoms with E-state index in [0.29, 0.717) is 26.2 Å². The van der Waals surface area contributed by atoms with Crippen molar-refractivity contribution in [1.82, 2.24) is 5.32 Å². The summed E-state index contributed by atoms with van der Waals surface area (Å²) < 4.78 is 16.7. The molecule has 0 radical (unpaired) electrons. The molecule has 1 aliphatic rings. The van der Waals surface area contributed by atoms with Crippen LogP contribution in [0.5, 0.6) is 0 Å². The van der Waals surface area contributed by atoms with Gasteiger partial charge in [-0.05, 0) is 31.4 Å². The summed E-state index contributed by atoms with van der Waals surface area (Å²) in [7, 11) is 1.59. The average molecular weight is 363 g/mol. The summed E-state index contributed by atoms with van der Waals surface area (Å²) >= 11 is 0. The molecule has 2 rings (SSSR count). The molecule has 0 saturated heterocycles. The highest BCUT2D eigenvalue weighted by Gasteiger charge is 2.37. The Balaban J connectivity index is 2.28. The maximum atomic E-state index is 12.5. The molecule has 26 heavy (non-hydrogen) atoms. The van der Waals surface area contributed by atoms with Gasteiger partial charge in [-0.25, -0.2) is 0 Å². The van der Waals surface area contributed by atoms with Crippen molar-refractivity contribution in [3.05, 3.63) is 47.7 Å². The zero-order chi connectivity index (χ0) is 18.8. The van der Waals surface area contributed by atoms with Crippen LogP contribution in [0.1, 0.15) is 31.2 Å². The topological polar surface area (TPSA) is 77.0 Å². The van der Waals surface area contributed by atoms with Gasteiger partial charge in [0.15, 0.2) is 5.76 Å². The first-order valence-corrected chi connectivity index (χ1v) is 9.14. The minimum Gasteiger partial charge on any atom is -0.459 e. The van der Waals surface area contributed by atoms with E-state index in [1.807, 2.05) is 43.3 Å². The lowest BCUT2D eigenvalue weighted by Gasteiger charge is -2.37. The van der Waals surface area contributed by atoms with Gasteiger partial charge in [-0.2, -0.15) is 0 Å². The van der Waals surface area contributed by atoms with E-state index in [2.05, 4.69) is 5.32 Å². The van der Waals surface area contributed by atoms with Crippen LogP contribution in [0.3, 0.4) is 0 Å². The Bertz CT molecular complexity index is 575. The third-order valence-corrected chi connectivity index (χ3v) is 4.41. The summed E-state index contributed by atoms with van der Waals surface area (Å²) in [5, 5.41) is 12.1. The van der Waals surface area contributed by atoms with E-state index < -0.39 is 6.29 Å². The monoisotopic (exact) mass is 363 g/mol. The lowest BCUT2D eigenvalue weighted by Crippen LogP contribution is -2.39. The molecule has 1 aromatic rings. The Hall–Kier alpha value is -1.89. The van der Waals surface area contributed by atoms with Crippen LogP contribution in [0.25, 0.3) is 0 Å². The number of aliphatic hydroxyl groups is 1. The molecule has 0 unspecified atom stereocenters. The zero-order valence-corrected chi connectivity index (χ0v) is 15.5. The van der Waals surface area contributed by atoms with Crippen molar-refractivity contribution in [3.63, 3.8) is 0 Å². The Morgan fingerprint density at radius 3 is 2.73 bits per heavy atom. The third kappa shape index (κ3) is 5.56. The number of carbonyl (C=O) groups excluding carboxylic acids is 1. The fraction of sp³-hybridized carbons (Fsp3) is 0.550. The quantitative estimate of drug-likeness (QED) is 0.623. The van der Waals surface area contributed by atoms with Gasteiger partial charge in [-0.3, -0.25) is 4.79 Å². The number of carbonyl (C=O) groups is 1. The minimum absolute atomic E-state index is 0.0174. The first kappa shape index (κ1) is 20.4. The van der Waals surface area contributed by atoms with Crippen LogP contribution in [0.2, 0.25) is 0 Å². The van der Waals surface area contributed by atoms with E-state index in [0.717, 1.165) is 12.0 Å². The van der Waals surface area contributed by atoms with Crippen molar-refractivity contribution in [2.45, 2.75) is 32.0 Å². The molecule has 3 atom stereocenters. The van der Waals surface area contributed by atoms with Gasteiger partial charge in [-0.1, -0.05) is 30.3 Å². The number of aliphatic hydroxyl groups excluding tert-OH is 1. The van der Waals surface area contributed by atoms with Crippen molar-refractivity contribution in [3.8, 4) is 0 Å². The molecule has 6 heteroatoms. The number of benzene rings is 1. The zero-order valence-electron chi connectivity index (χ0n) is 15.5. The van der Waals surface area contributed by atoms with Gasteiger partial charge >= 0.3 is 0 Å². The summed E-state index contributed by atoms with van der Waals surface area (Å²) in [6.07, 6.45) is 2.75. The molecule has 2 N–H and O–H groups in total.